The van der Waals surface area contributed by atoms with Crippen molar-refractivity contribution in [2.45, 2.75) is 13.1 Å². The first-order valence-corrected chi connectivity index (χ1v) is 9.11. The Morgan fingerprint density at radius 1 is 1.18 bits per heavy atom. The Hall–Kier alpha value is -1.27. The number of benzene rings is 1. The molecule has 0 atom stereocenters. The van der Waals surface area contributed by atoms with Gasteiger partial charge in [-0.3, -0.25) is 9.89 Å². The molecule has 0 aliphatic carbocycles. The van der Waals surface area contributed by atoms with Crippen LogP contribution in [0.3, 0.4) is 0 Å². The van der Waals surface area contributed by atoms with Crippen LogP contribution in [0.1, 0.15) is 12.5 Å². The minimum Gasteiger partial charge on any atom is -0.492 e. The predicted molar refractivity (Wildman–Crippen MR) is 114 cm³/mol. The van der Waals surface area contributed by atoms with Gasteiger partial charge >= 0.3 is 6.18 Å². The van der Waals surface area contributed by atoms with Gasteiger partial charge in [-0.05, 0) is 31.2 Å². The summed E-state index contributed by atoms with van der Waals surface area (Å²) >= 11 is 0. The molecule has 0 bridgehead atoms. The van der Waals surface area contributed by atoms with Gasteiger partial charge in [-0.25, -0.2) is 0 Å². The lowest BCUT2D eigenvalue weighted by Gasteiger charge is -2.25. The first-order chi connectivity index (χ1) is 13.0. The standard InChI is InChI=1S/C18H27F3N4O2.HI/c1-2-22-17(23-7-9-25-10-13-26-14-11-25)24-8-12-27-16-5-3-15(4-6-16)18(19,20)21;/h3-6H,2,7-14H2,1H3,(H2,22,23,24);1H. The average molecular weight is 516 g/mol. The third-order valence-corrected chi connectivity index (χ3v) is 3.98. The van der Waals surface area contributed by atoms with Gasteiger partial charge < -0.3 is 20.1 Å². The van der Waals surface area contributed by atoms with Crippen LogP contribution in [0, 0.1) is 0 Å². The SMILES string of the molecule is CCNC(=NCCN1CCOCC1)NCCOc1ccc(C(F)(F)F)cc1.I. The van der Waals surface area contributed by atoms with Crippen LogP contribution in [0.4, 0.5) is 13.2 Å². The van der Waals surface area contributed by atoms with E-state index in [-0.39, 0.29) is 24.0 Å². The van der Waals surface area contributed by atoms with Crippen molar-refractivity contribution >= 4 is 29.9 Å². The number of guanidine groups is 1. The summed E-state index contributed by atoms with van der Waals surface area (Å²) in [5, 5.41) is 6.31. The molecule has 28 heavy (non-hydrogen) atoms. The normalized spacial score (nSPS) is 15.6. The topological polar surface area (TPSA) is 58.1 Å². The number of hydrogen-bond donors (Lipinski definition) is 2. The molecule has 160 valence electrons. The lowest BCUT2D eigenvalue weighted by atomic mass is 10.2. The molecule has 0 amide bonds. The van der Waals surface area contributed by atoms with Crippen molar-refractivity contribution in [3.8, 4) is 5.75 Å². The van der Waals surface area contributed by atoms with Crippen molar-refractivity contribution in [3.63, 3.8) is 0 Å². The summed E-state index contributed by atoms with van der Waals surface area (Å²) in [7, 11) is 0. The Labute approximate surface area is 180 Å². The molecular formula is C18H28F3IN4O2. The molecule has 0 radical (unpaired) electrons. The van der Waals surface area contributed by atoms with Crippen LogP contribution >= 0.6 is 24.0 Å². The number of aliphatic imine (C=N–C) groups is 1. The van der Waals surface area contributed by atoms with E-state index in [1.54, 1.807) is 0 Å². The smallest absolute Gasteiger partial charge is 0.416 e. The molecule has 6 nitrogen and oxygen atoms in total. The van der Waals surface area contributed by atoms with E-state index in [1.165, 1.54) is 12.1 Å². The summed E-state index contributed by atoms with van der Waals surface area (Å²) in [4.78, 5) is 6.83. The lowest BCUT2D eigenvalue weighted by Crippen LogP contribution is -2.41. The maximum atomic E-state index is 12.5. The van der Waals surface area contributed by atoms with Gasteiger partial charge in [0.05, 0.1) is 31.9 Å². The quantitative estimate of drug-likeness (QED) is 0.241. The molecule has 1 aromatic rings. The van der Waals surface area contributed by atoms with E-state index in [2.05, 4.69) is 20.5 Å². The third kappa shape index (κ3) is 9.28. The number of nitrogens with zero attached hydrogens (tertiary/aromatic N) is 2. The number of ether oxygens (including phenoxy) is 2. The number of rotatable bonds is 8. The Bertz CT molecular complexity index is 579. The summed E-state index contributed by atoms with van der Waals surface area (Å²) in [6.45, 7) is 8.48. The summed E-state index contributed by atoms with van der Waals surface area (Å²) in [6.07, 6.45) is -4.33. The van der Waals surface area contributed by atoms with Crippen molar-refractivity contribution in [2.24, 2.45) is 4.99 Å². The minimum absolute atomic E-state index is 0. The highest BCUT2D eigenvalue weighted by atomic mass is 127. The predicted octanol–water partition coefficient (Wildman–Crippen LogP) is 2.59. The lowest BCUT2D eigenvalue weighted by molar-refractivity contribution is -0.137. The fourth-order valence-corrected chi connectivity index (χ4v) is 2.55. The summed E-state index contributed by atoms with van der Waals surface area (Å²) in [5.74, 6) is 1.10. The van der Waals surface area contributed by atoms with Crippen LogP contribution in [0.15, 0.2) is 29.3 Å². The van der Waals surface area contributed by atoms with Crippen LogP contribution in [0.2, 0.25) is 0 Å². The van der Waals surface area contributed by atoms with Crippen LogP contribution < -0.4 is 15.4 Å². The molecule has 1 fully saturated rings. The Balaban J connectivity index is 0.00000392. The Kier molecular flexibility index (Phi) is 11.5. The molecule has 0 unspecified atom stereocenters. The molecule has 1 aromatic carbocycles. The highest BCUT2D eigenvalue weighted by molar-refractivity contribution is 14.0. The van der Waals surface area contributed by atoms with E-state index in [9.17, 15) is 13.2 Å². The zero-order valence-corrected chi connectivity index (χ0v) is 18.3. The van der Waals surface area contributed by atoms with Crippen molar-refractivity contribution < 1.29 is 22.6 Å². The fraction of sp³-hybridized carbons (Fsp3) is 0.611. The first-order valence-electron chi connectivity index (χ1n) is 9.11. The second kappa shape index (κ2) is 13.0. The molecule has 2 N–H and O–H groups in total. The van der Waals surface area contributed by atoms with E-state index in [1.807, 2.05) is 6.92 Å². The van der Waals surface area contributed by atoms with Gasteiger partial charge in [0.15, 0.2) is 5.96 Å². The van der Waals surface area contributed by atoms with Gasteiger partial charge in [-0.1, -0.05) is 0 Å². The third-order valence-electron chi connectivity index (χ3n) is 3.98. The maximum absolute atomic E-state index is 12.5. The fourth-order valence-electron chi connectivity index (χ4n) is 2.55. The number of nitrogens with one attached hydrogen (secondary N) is 2. The highest BCUT2D eigenvalue weighted by Gasteiger charge is 2.29. The molecule has 2 rings (SSSR count). The molecule has 0 spiro atoms. The van der Waals surface area contributed by atoms with Crippen molar-refractivity contribution in [1.29, 1.82) is 0 Å². The number of morpholine rings is 1. The van der Waals surface area contributed by atoms with Crippen LogP contribution in [0.25, 0.3) is 0 Å². The molecule has 1 aliphatic rings. The molecule has 1 heterocycles. The molecule has 1 aliphatic heterocycles. The van der Waals surface area contributed by atoms with Gasteiger partial charge in [0.25, 0.3) is 0 Å². The first kappa shape index (κ1) is 24.8. The minimum atomic E-state index is -4.33. The number of halogens is 4. The Morgan fingerprint density at radius 3 is 2.46 bits per heavy atom. The molecule has 10 heteroatoms. The monoisotopic (exact) mass is 516 g/mol. The van der Waals surface area contributed by atoms with E-state index in [0.29, 0.717) is 31.4 Å². The summed E-state index contributed by atoms with van der Waals surface area (Å²) in [5.41, 5.74) is -0.685. The summed E-state index contributed by atoms with van der Waals surface area (Å²) < 4.78 is 48.4. The highest BCUT2D eigenvalue weighted by Crippen LogP contribution is 2.30. The molecule has 1 saturated heterocycles. The second-order valence-electron chi connectivity index (χ2n) is 6.01. The molecule has 0 saturated carbocycles. The average Bonchev–Trinajstić information content (AvgIpc) is 2.65. The van der Waals surface area contributed by atoms with E-state index in [4.69, 9.17) is 9.47 Å². The molecule has 0 aromatic heterocycles. The molecular weight excluding hydrogens is 488 g/mol. The number of alkyl halides is 3. The van der Waals surface area contributed by atoms with Gasteiger partial charge in [0.2, 0.25) is 0 Å². The van der Waals surface area contributed by atoms with Gasteiger partial charge in [0.1, 0.15) is 12.4 Å². The van der Waals surface area contributed by atoms with Crippen LogP contribution in [-0.2, 0) is 10.9 Å². The van der Waals surface area contributed by atoms with Crippen molar-refractivity contribution in [3.05, 3.63) is 29.8 Å². The van der Waals surface area contributed by atoms with Gasteiger partial charge in [-0.2, -0.15) is 13.2 Å². The Morgan fingerprint density at radius 2 is 1.86 bits per heavy atom. The summed E-state index contributed by atoms with van der Waals surface area (Å²) in [6, 6.07) is 4.68. The van der Waals surface area contributed by atoms with Gasteiger partial charge in [0, 0.05) is 26.2 Å². The second-order valence-corrected chi connectivity index (χ2v) is 6.01. The zero-order chi connectivity index (χ0) is 19.5. The largest absolute Gasteiger partial charge is 0.492 e. The van der Waals surface area contributed by atoms with Crippen molar-refractivity contribution in [1.82, 2.24) is 15.5 Å². The number of hydrogen-bond acceptors (Lipinski definition) is 4. The van der Waals surface area contributed by atoms with E-state index < -0.39 is 11.7 Å². The van der Waals surface area contributed by atoms with E-state index >= 15 is 0 Å². The zero-order valence-electron chi connectivity index (χ0n) is 15.9. The van der Waals surface area contributed by atoms with Crippen molar-refractivity contribution in [2.75, 3.05) is 59.1 Å². The van der Waals surface area contributed by atoms with Crippen LogP contribution in [0.5, 0.6) is 5.75 Å². The van der Waals surface area contributed by atoms with Crippen LogP contribution in [-0.4, -0.2) is 69.9 Å². The van der Waals surface area contributed by atoms with Gasteiger partial charge in [-0.15, -0.1) is 24.0 Å². The van der Waals surface area contributed by atoms with E-state index in [0.717, 1.165) is 51.5 Å². The maximum Gasteiger partial charge on any atom is 0.416 e.